The fourth-order valence-electron chi connectivity index (χ4n) is 4.42. The van der Waals surface area contributed by atoms with Crippen molar-refractivity contribution in [1.29, 1.82) is 0 Å². The molecule has 190 valence electrons. The molecule has 0 radical (unpaired) electrons. The number of aryl methyl sites for hydroxylation is 1. The van der Waals surface area contributed by atoms with Crippen LogP contribution in [0.15, 0.2) is 57.7 Å². The third-order valence-electron chi connectivity index (χ3n) is 6.11. The van der Waals surface area contributed by atoms with Gasteiger partial charge in [-0.15, -0.1) is 11.3 Å². The monoisotopic (exact) mass is 537 g/mol. The highest BCUT2D eigenvalue weighted by Crippen LogP contribution is 2.39. The zero-order valence-corrected chi connectivity index (χ0v) is 21.7. The van der Waals surface area contributed by atoms with Crippen LogP contribution in [0.5, 0.6) is 5.75 Å². The molecule has 0 bridgehead atoms. The van der Waals surface area contributed by atoms with Crippen molar-refractivity contribution in [1.82, 2.24) is 0 Å². The molecule has 2 heterocycles. The second-order valence-corrected chi connectivity index (χ2v) is 10.1. The first-order valence-corrected chi connectivity index (χ1v) is 13.2. The number of nitrogens with one attached hydrogen (secondary N) is 1. The zero-order valence-electron chi connectivity index (χ0n) is 20.1. The maximum Gasteiger partial charge on any atom is 0.341 e. The highest BCUT2D eigenvalue weighted by Gasteiger charge is 2.27. The highest BCUT2D eigenvalue weighted by atomic mass is 35.5. The lowest BCUT2D eigenvalue weighted by atomic mass is 9.95. The third kappa shape index (κ3) is 5.12. The van der Waals surface area contributed by atoms with Crippen LogP contribution in [0.4, 0.5) is 5.00 Å². The predicted octanol–water partition coefficient (Wildman–Crippen LogP) is 6.25. The number of ether oxygens (including phenoxy) is 2. The van der Waals surface area contributed by atoms with Crippen LogP contribution in [-0.4, -0.2) is 25.1 Å². The predicted molar refractivity (Wildman–Crippen MR) is 144 cm³/mol. The molecule has 0 aliphatic heterocycles. The van der Waals surface area contributed by atoms with Crippen LogP contribution in [0.2, 0.25) is 5.02 Å². The lowest BCUT2D eigenvalue weighted by Gasteiger charge is -2.13. The van der Waals surface area contributed by atoms with Crippen molar-refractivity contribution < 1.29 is 23.5 Å². The van der Waals surface area contributed by atoms with Gasteiger partial charge in [0, 0.05) is 15.5 Å². The Hall–Kier alpha value is -3.62. The van der Waals surface area contributed by atoms with Gasteiger partial charge in [-0.3, -0.25) is 9.59 Å². The number of hydrogen-bond donors (Lipinski definition) is 1. The van der Waals surface area contributed by atoms with Crippen molar-refractivity contribution in [3.63, 3.8) is 0 Å². The molecule has 1 N–H and O–H groups in total. The molecule has 0 unspecified atom stereocenters. The molecule has 1 aliphatic carbocycles. The van der Waals surface area contributed by atoms with E-state index in [0.717, 1.165) is 36.1 Å². The fraction of sp³-hybridized carbons (Fsp3) is 0.250. The van der Waals surface area contributed by atoms with Gasteiger partial charge in [0.2, 0.25) is 11.2 Å². The standard InChI is InChI=1S/C28H24ClNO6S/c1-2-34-28(33)23-19-8-4-6-10-21(19)37-27(23)30-22(31)15-35-26-24(32)18-7-3-5-9-20(18)36-25(26)16-11-13-17(29)14-12-16/h3,5,7,9,11-14H,2,4,6,8,10,15H2,1H3,(H,30,31). The summed E-state index contributed by atoms with van der Waals surface area (Å²) >= 11 is 7.42. The summed E-state index contributed by atoms with van der Waals surface area (Å²) in [6.07, 6.45) is 3.66. The Bertz CT molecular complexity index is 1540. The van der Waals surface area contributed by atoms with Crippen LogP contribution in [-0.2, 0) is 22.4 Å². The zero-order chi connectivity index (χ0) is 25.9. The second-order valence-electron chi connectivity index (χ2n) is 8.56. The fourth-order valence-corrected chi connectivity index (χ4v) is 5.84. The molecule has 2 aromatic carbocycles. The van der Waals surface area contributed by atoms with Crippen LogP contribution in [0.3, 0.4) is 0 Å². The van der Waals surface area contributed by atoms with Crippen molar-refractivity contribution >= 4 is 50.8 Å². The quantitative estimate of drug-likeness (QED) is 0.280. The normalized spacial score (nSPS) is 12.7. The Kier molecular flexibility index (Phi) is 7.30. The summed E-state index contributed by atoms with van der Waals surface area (Å²) < 4.78 is 17.1. The molecular weight excluding hydrogens is 514 g/mol. The highest BCUT2D eigenvalue weighted by molar-refractivity contribution is 7.17. The lowest BCUT2D eigenvalue weighted by Crippen LogP contribution is -2.23. The number of carbonyl (C=O) groups is 2. The first-order chi connectivity index (χ1) is 18.0. The summed E-state index contributed by atoms with van der Waals surface area (Å²) in [6.45, 7) is 1.54. The molecule has 0 fully saturated rings. The molecule has 0 spiro atoms. The average Bonchev–Trinajstić information content (AvgIpc) is 3.26. The number of rotatable bonds is 7. The van der Waals surface area contributed by atoms with Gasteiger partial charge in [0.05, 0.1) is 17.6 Å². The van der Waals surface area contributed by atoms with Crippen LogP contribution >= 0.6 is 22.9 Å². The lowest BCUT2D eigenvalue weighted by molar-refractivity contribution is -0.118. The molecule has 1 amide bonds. The Morgan fingerprint density at radius 3 is 2.62 bits per heavy atom. The maximum absolute atomic E-state index is 13.3. The summed E-state index contributed by atoms with van der Waals surface area (Å²) in [5.41, 5.74) is 1.96. The Balaban J connectivity index is 1.44. The number of hydrogen-bond acceptors (Lipinski definition) is 7. The molecule has 2 aromatic heterocycles. The van der Waals surface area contributed by atoms with Crippen LogP contribution in [0.25, 0.3) is 22.3 Å². The number of para-hydroxylation sites is 1. The maximum atomic E-state index is 13.3. The second kappa shape index (κ2) is 10.8. The number of thiophene rings is 1. The molecule has 37 heavy (non-hydrogen) atoms. The molecule has 0 atom stereocenters. The Morgan fingerprint density at radius 1 is 1.08 bits per heavy atom. The van der Waals surface area contributed by atoms with E-state index in [0.29, 0.717) is 32.1 Å². The topological polar surface area (TPSA) is 94.8 Å². The first-order valence-electron chi connectivity index (χ1n) is 12.0. The Labute approximate surface area is 222 Å². The molecular formula is C28H24ClNO6S. The molecule has 0 saturated carbocycles. The molecule has 5 rings (SSSR count). The van der Waals surface area contributed by atoms with Crippen molar-refractivity contribution in [2.24, 2.45) is 0 Å². The van der Waals surface area contributed by atoms with Crippen molar-refractivity contribution in [3.05, 3.63) is 79.8 Å². The third-order valence-corrected chi connectivity index (χ3v) is 7.57. The van der Waals surface area contributed by atoms with Gasteiger partial charge in [-0.1, -0.05) is 23.7 Å². The van der Waals surface area contributed by atoms with E-state index in [-0.39, 0.29) is 18.1 Å². The summed E-state index contributed by atoms with van der Waals surface area (Å²) in [7, 11) is 0. The SMILES string of the molecule is CCOC(=O)c1c(NC(=O)COc2c(-c3ccc(Cl)cc3)oc3ccccc3c2=O)sc2c1CCCC2. The average molecular weight is 538 g/mol. The van der Waals surface area contributed by atoms with E-state index < -0.39 is 23.9 Å². The van der Waals surface area contributed by atoms with Crippen LogP contribution < -0.4 is 15.5 Å². The van der Waals surface area contributed by atoms with Crippen molar-refractivity contribution in [2.45, 2.75) is 32.6 Å². The van der Waals surface area contributed by atoms with Gasteiger partial charge >= 0.3 is 5.97 Å². The van der Waals surface area contributed by atoms with Crippen LogP contribution in [0.1, 0.15) is 40.6 Å². The van der Waals surface area contributed by atoms with Gasteiger partial charge in [0.25, 0.3) is 5.91 Å². The number of amides is 1. The summed E-state index contributed by atoms with van der Waals surface area (Å²) in [6, 6.07) is 13.6. The van der Waals surface area contributed by atoms with E-state index in [1.165, 1.54) is 11.3 Å². The molecule has 0 saturated heterocycles. The largest absolute Gasteiger partial charge is 0.476 e. The van der Waals surface area contributed by atoms with Gasteiger partial charge in [-0.25, -0.2) is 4.79 Å². The van der Waals surface area contributed by atoms with E-state index in [4.69, 9.17) is 25.5 Å². The van der Waals surface area contributed by atoms with Gasteiger partial charge in [0.1, 0.15) is 10.6 Å². The number of anilines is 1. The van der Waals surface area contributed by atoms with E-state index in [1.807, 2.05) is 0 Å². The number of esters is 1. The number of carbonyl (C=O) groups excluding carboxylic acids is 2. The minimum atomic E-state index is -0.501. The summed E-state index contributed by atoms with van der Waals surface area (Å²) in [4.78, 5) is 40.1. The number of fused-ring (bicyclic) bond motifs is 2. The van der Waals surface area contributed by atoms with Crippen molar-refractivity contribution in [2.75, 3.05) is 18.5 Å². The molecule has 7 nitrogen and oxygen atoms in total. The molecule has 4 aromatic rings. The van der Waals surface area contributed by atoms with E-state index in [1.54, 1.807) is 55.5 Å². The van der Waals surface area contributed by atoms with E-state index >= 15 is 0 Å². The molecule has 1 aliphatic rings. The van der Waals surface area contributed by atoms with E-state index in [9.17, 15) is 14.4 Å². The minimum Gasteiger partial charge on any atom is -0.476 e. The van der Waals surface area contributed by atoms with E-state index in [2.05, 4.69) is 5.32 Å². The van der Waals surface area contributed by atoms with Gasteiger partial charge in [-0.05, 0) is 74.6 Å². The smallest absolute Gasteiger partial charge is 0.341 e. The van der Waals surface area contributed by atoms with Crippen LogP contribution in [0, 0.1) is 0 Å². The Morgan fingerprint density at radius 2 is 1.84 bits per heavy atom. The van der Waals surface area contributed by atoms with Gasteiger partial charge in [0.15, 0.2) is 12.4 Å². The minimum absolute atomic E-state index is 0.0766. The first kappa shape index (κ1) is 25.0. The number of benzene rings is 2. The summed E-state index contributed by atoms with van der Waals surface area (Å²) in [5.74, 6) is -0.823. The number of halogens is 1. The van der Waals surface area contributed by atoms with Gasteiger partial charge < -0.3 is 19.2 Å². The van der Waals surface area contributed by atoms with Gasteiger partial charge in [-0.2, -0.15) is 0 Å². The molecule has 9 heteroatoms. The van der Waals surface area contributed by atoms with Crippen molar-refractivity contribution in [3.8, 4) is 17.1 Å². The summed E-state index contributed by atoms with van der Waals surface area (Å²) in [5, 5.41) is 4.12.